The van der Waals surface area contributed by atoms with Crippen molar-refractivity contribution in [2.24, 2.45) is 5.73 Å². The van der Waals surface area contributed by atoms with E-state index in [9.17, 15) is 0 Å². The third-order valence-electron chi connectivity index (χ3n) is 2.78. The van der Waals surface area contributed by atoms with Gasteiger partial charge in [0.25, 0.3) is 0 Å². The molecule has 2 N–H and O–H groups in total. The van der Waals surface area contributed by atoms with Crippen LogP contribution in [0.2, 0.25) is 0 Å². The predicted molar refractivity (Wildman–Crippen MR) is 84.2 cm³/mol. The highest BCUT2D eigenvalue weighted by molar-refractivity contribution is 7.80. The van der Waals surface area contributed by atoms with Crippen LogP contribution < -0.4 is 10.5 Å². The highest BCUT2D eigenvalue weighted by atomic mass is 35.5. The Morgan fingerprint density at radius 2 is 2.11 bits per heavy atom. The monoisotopic (exact) mass is 289 g/mol. The van der Waals surface area contributed by atoms with Crippen LogP contribution in [0.25, 0.3) is 0 Å². The molecule has 4 heteroatoms. The average Bonchev–Trinajstić information content (AvgIpc) is 2.38. The number of benzene rings is 1. The van der Waals surface area contributed by atoms with Crippen LogP contribution >= 0.6 is 25.0 Å². The average molecular weight is 290 g/mol. The second kappa shape index (κ2) is 10.5. The van der Waals surface area contributed by atoms with E-state index >= 15 is 0 Å². The van der Waals surface area contributed by atoms with Gasteiger partial charge in [-0.3, -0.25) is 0 Å². The van der Waals surface area contributed by atoms with E-state index in [-0.39, 0.29) is 18.4 Å². The molecule has 0 aliphatic carbocycles. The number of nitrogens with two attached hydrogens (primary N) is 1. The summed E-state index contributed by atoms with van der Waals surface area (Å²) in [6.45, 7) is 2.92. The summed E-state index contributed by atoms with van der Waals surface area (Å²) in [4.78, 5) is 0. The number of halogens is 1. The second-order valence-corrected chi connectivity index (χ2v) is 4.65. The summed E-state index contributed by atoms with van der Waals surface area (Å²) in [5, 5.41) is 0. The first-order valence-electron chi connectivity index (χ1n) is 6.34. The molecular weight excluding hydrogens is 266 g/mol. The SMILES string of the molecule is CCc1cccc(OCCCC[C@H](N)CS)c1.Cl. The number of hydrogen-bond acceptors (Lipinski definition) is 3. The molecule has 0 amide bonds. The predicted octanol–water partition coefficient (Wildman–Crippen LogP) is 3.48. The third kappa shape index (κ3) is 7.14. The Bertz CT molecular complexity index is 322. The van der Waals surface area contributed by atoms with Gasteiger partial charge in [0.05, 0.1) is 6.61 Å². The van der Waals surface area contributed by atoms with Crippen molar-refractivity contribution in [2.45, 2.75) is 38.6 Å². The molecule has 0 fully saturated rings. The maximum Gasteiger partial charge on any atom is 0.119 e. The van der Waals surface area contributed by atoms with Crippen molar-refractivity contribution in [1.29, 1.82) is 0 Å². The van der Waals surface area contributed by atoms with E-state index in [1.165, 1.54) is 5.56 Å². The zero-order chi connectivity index (χ0) is 12.5. The fourth-order valence-corrected chi connectivity index (χ4v) is 1.83. The molecule has 104 valence electrons. The Morgan fingerprint density at radius 1 is 1.33 bits per heavy atom. The van der Waals surface area contributed by atoms with Crippen molar-refractivity contribution in [3.63, 3.8) is 0 Å². The molecule has 0 heterocycles. The van der Waals surface area contributed by atoms with E-state index < -0.39 is 0 Å². The van der Waals surface area contributed by atoms with Gasteiger partial charge < -0.3 is 10.5 Å². The molecule has 1 atom stereocenters. The Morgan fingerprint density at radius 3 is 2.78 bits per heavy atom. The zero-order valence-corrected chi connectivity index (χ0v) is 12.7. The smallest absolute Gasteiger partial charge is 0.119 e. The van der Waals surface area contributed by atoms with Crippen LogP contribution in [-0.2, 0) is 6.42 Å². The topological polar surface area (TPSA) is 35.2 Å². The number of ether oxygens (including phenoxy) is 1. The molecule has 0 spiro atoms. The Hall–Kier alpha value is -0.380. The molecule has 0 aliphatic rings. The molecule has 0 saturated heterocycles. The fourth-order valence-electron chi connectivity index (χ4n) is 1.65. The van der Waals surface area contributed by atoms with E-state index in [1.54, 1.807) is 0 Å². The lowest BCUT2D eigenvalue weighted by atomic mass is 10.1. The lowest BCUT2D eigenvalue weighted by molar-refractivity contribution is 0.303. The van der Waals surface area contributed by atoms with Gasteiger partial charge in [-0.25, -0.2) is 0 Å². The van der Waals surface area contributed by atoms with Gasteiger partial charge in [-0.2, -0.15) is 12.6 Å². The fraction of sp³-hybridized carbons (Fsp3) is 0.571. The van der Waals surface area contributed by atoms with Crippen LogP contribution in [0.4, 0.5) is 0 Å². The largest absolute Gasteiger partial charge is 0.494 e. The van der Waals surface area contributed by atoms with Crippen molar-refractivity contribution in [3.8, 4) is 5.75 Å². The van der Waals surface area contributed by atoms with E-state index in [2.05, 4.69) is 31.7 Å². The maximum atomic E-state index is 5.79. The van der Waals surface area contributed by atoms with E-state index in [4.69, 9.17) is 10.5 Å². The van der Waals surface area contributed by atoms with Crippen molar-refractivity contribution in [1.82, 2.24) is 0 Å². The first kappa shape index (κ1) is 17.6. The van der Waals surface area contributed by atoms with Gasteiger partial charge in [-0.15, -0.1) is 12.4 Å². The molecule has 0 saturated carbocycles. The lowest BCUT2D eigenvalue weighted by Gasteiger charge is -2.09. The molecule has 2 nitrogen and oxygen atoms in total. The van der Waals surface area contributed by atoms with Crippen molar-refractivity contribution in [3.05, 3.63) is 29.8 Å². The van der Waals surface area contributed by atoms with Crippen LogP contribution in [0.3, 0.4) is 0 Å². The molecule has 0 bridgehead atoms. The number of hydrogen-bond donors (Lipinski definition) is 2. The van der Waals surface area contributed by atoms with Crippen LogP contribution in [-0.4, -0.2) is 18.4 Å². The number of aryl methyl sites for hydroxylation is 1. The number of unbranched alkanes of at least 4 members (excludes halogenated alkanes) is 1. The maximum absolute atomic E-state index is 5.79. The highest BCUT2D eigenvalue weighted by Gasteiger charge is 1.99. The van der Waals surface area contributed by atoms with Gasteiger partial charge in [0.15, 0.2) is 0 Å². The molecule has 0 aromatic heterocycles. The quantitative estimate of drug-likeness (QED) is 0.568. The molecule has 1 aromatic carbocycles. The number of rotatable bonds is 8. The molecule has 0 aliphatic heterocycles. The van der Waals surface area contributed by atoms with Crippen LogP contribution in [0.1, 0.15) is 31.7 Å². The summed E-state index contributed by atoms with van der Waals surface area (Å²) in [5.74, 6) is 1.74. The lowest BCUT2D eigenvalue weighted by Crippen LogP contribution is -2.21. The summed E-state index contributed by atoms with van der Waals surface area (Å²) < 4.78 is 5.70. The Labute approximate surface area is 122 Å². The van der Waals surface area contributed by atoms with Crippen molar-refractivity contribution in [2.75, 3.05) is 12.4 Å². The number of thiol groups is 1. The van der Waals surface area contributed by atoms with Gasteiger partial charge in [0.1, 0.15) is 5.75 Å². The van der Waals surface area contributed by atoms with Gasteiger partial charge in [-0.05, 0) is 43.4 Å². The van der Waals surface area contributed by atoms with Gasteiger partial charge >= 0.3 is 0 Å². The minimum atomic E-state index is 0. The van der Waals surface area contributed by atoms with Gasteiger partial charge in [0, 0.05) is 11.8 Å². The van der Waals surface area contributed by atoms with Crippen LogP contribution in [0.5, 0.6) is 5.75 Å². The summed E-state index contributed by atoms with van der Waals surface area (Å²) in [6.07, 6.45) is 4.24. The van der Waals surface area contributed by atoms with Gasteiger partial charge in [-0.1, -0.05) is 19.1 Å². The van der Waals surface area contributed by atoms with E-state index in [0.29, 0.717) is 0 Å². The summed E-state index contributed by atoms with van der Waals surface area (Å²) in [7, 11) is 0. The minimum Gasteiger partial charge on any atom is -0.494 e. The summed E-state index contributed by atoms with van der Waals surface area (Å²) in [6, 6.07) is 8.52. The molecule has 0 unspecified atom stereocenters. The first-order valence-corrected chi connectivity index (χ1v) is 6.97. The minimum absolute atomic E-state index is 0. The molecular formula is C14H24ClNOS. The van der Waals surface area contributed by atoms with Gasteiger partial charge in [0.2, 0.25) is 0 Å². The first-order chi connectivity index (χ1) is 8.26. The standard InChI is InChI=1S/C14H23NOS.ClH/c1-2-12-6-5-8-14(10-12)16-9-4-3-7-13(15)11-17;/h5-6,8,10,13,17H,2-4,7,9,11,15H2,1H3;1H/t13-;/m0./s1. The normalized spacial score (nSPS) is 11.7. The van der Waals surface area contributed by atoms with Crippen molar-refractivity contribution < 1.29 is 4.74 Å². The van der Waals surface area contributed by atoms with Crippen LogP contribution in [0.15, 0.2) is 24.3 Å². The second-order valence-electron chi connectivity index (χ2n) is 4.29. The summed E-state index contributed by atoms with van der Waals surface area (Å²) >= 11 is 4.16. The highest BCUT2D eigenvalue weighted by Crippen LogP contribution is 2.14. The van der Waals surface area contributed by atoms with Crippen LogP contribution in [0, 0.1) is 0 Å². The summed E-state index contributed by atoms with van der Waals surface area (Å²) in [5.41, 5.74) is 7.11. The van der Waals surface area contributed by atoms with E-state index in [1.807, 2.05) is 12.1 Å². The van der Waals surface area contributed by atoms with Crippen molar-refractivity contribution >= 4 is 25.0 Å². The van der Waals surface area contributed by atoms with E-state index in [0.717, 1.165) is 43.8 Å². The molecule has 1 aromatic rings. The molecule has 0 radical (unpaired) electrons. The Kier molecular flexibility index (Phi) is 10.3. The Balaban J connectivity index is 0.00000289. The molecule has 18 heavy (non-hydrogen) atoms. The third-order valence-corrected chi connectivity index (χ3v) is 3.25. The zero-order valence-electron chi connectivity index (χ0n) is 11.0. The molecule has 1 rings (SSSR count).